The Hall–Kier alpha value is -2.94. The highest BCUT2D eigenvalue weighted by Gasteiger charge is 2.73. The average molecular weight is 576 g/mol. The van der Waals surface area contributed by atoms with Crippen LogP contribution in [0.4, 0.5) is 0 Å². The van der Waals surface area contributed by atoms with Gasteiger partial charge in [0, 0.05) is 18.2 Å². The van der Waals surface area contributed by atoms with Gasteiger partial charge in [-0.25, -0.2) is 4.79 Å². The van der Waals surface area contributed by atoms with Gasteiger partial charge < -0.3 is 24.4 Å². The van der Waals surface area contributed by atoms with E-state index in [0.717, 1.165) is 30.6 Å². The molecular weight excluding hydrogens is 534 g/mol. The zero-order valence-electron chi connectivity index (χ0n) is 24.7. The van der Waals surface area contributed by atoms with E-state index in [2.05, 4.69) is 4.90 Å². The molecule has 0 unspecified atom stereocenters. The summed E-state index contributed by atoms with van der Waals surface area (Å²) >= 11 is 0. The summed E-state index contributed by atoms with van der Waals surface area (Å²) in [6, 6.07) is 10.6. The first-order valence-electron chi connectivity index (χ1n) is 15.5. The Morgan fingerprint density at radius 1 is 1.07 bits per heavy atom. The smallest absolute Gasteiger partial charge is 0.338 e. The predicted molar refractivity (Wildman–Crippen MR) is 155 cm³/mol. The molecule has 8 nitrogen and oxygen atoms in total. The predicted octanol–water partition coefficient (Wildman–Crippen LogP) is 4.11. The number of nitrogens with zero attached hydrogens (tertiary/aromatic N) is 1. The van der Waals surface area contributed by atoms with Gasteiger partial charge in [0.15, 0.2) is 11.5 Å². The number of ether oxygens (including phenoxy) is 3. The van der Waals surface area contributed by atoms with E-state index in [1.165, 1.54) is 19.3 Å². The molecule has 3 fully saturated rings. The molecule has 2 aliphatic heterocycles. The van der Waals surface area contributed by atoms with Crippen LogP contribution in [0.25, 0.3) is 0 Å². The molecular formula is C34H41NO7. The van der Waals surface area contributed by atoms with Gasteiger partial charge in [-0.1, -0.05) is 24.6 Å². The minimum atomic E-state index is -1.00. The highest BCUT2D eigenvalue weighted by molar-refractivity contribution is 5.89. The van der Waals surface area contributed by atoms with E-state index >= 15 is 0 Å². The fourth-order valence-corrected chi connectivity index (χ4v) is 8.32. The number of hydrogen-bond donors (Lipinski definition) is 2. The standard InChI is InChI=1S/C34H41NO7/c1-32(2,3)42-31(38)22-9-7-20(8-10-22)17-27(37)40-25-12-11-23-18-26-34(39)14-13-24(36)30-33(34,28(23)29(25)41-30)15-16-35(26)19-21-5-4-6-21/h7-12,21,24,26,30,36,39H,4-6,13-19H2,1-3H3/t24-,26+,30-,33-,34+/m0/s1. The lowest BCUT2D eigenvalue weighted by Gasteiger charge is -2.64. The van der Waals surface area contributed by atoms with Crippen LogP contribution in [-0.2, 0) is 27.8 Å². The molecule has 2 saturated carbocycles. The highest BCUT2D eigenvalue weighted by Crippen LogP contribution is 2.65. The fourth-order valence-electron chi connectivity index (χ4n) is 8.32. The number of aliphatic hydroxyl groups is 2. The van der Waals surface area contributed by atoms with E-state index in [1.54, 1.807) is 30.3 Å². The molecule has 2 aromatic carbocycles. The molecule has 1 spiro atoms. The first-order chi connectivity index (χ1) is 20.0. The van der Waals surface area contributed by atoms with Gasteiger partial charge in [-0.3, -0.25) is 9.69 Å². The Morgan fingerprint density at radius 2 is 1.83 bits per heavy atom. The number of esters is 2. The molecule has 5 atom stereocenters. The molecule has 2 bridgehead atoms. The Kier molecular flexibility index (Phi) is 6.50. The van der Waals surface area contributed by atoms with Gasteiger partial charge in [0.25, 0.3) is 0 Å². The Balaban J connectivity index is 1.14. The van der Waals surface area contributed by atoms with Crippen LogP contribution in [0.1, 0.15) is 86.3 Å². The molecule has 8 heteroatoms. The Bertz CT molecular complexity index is 1410. The van der Waals surface area contributed by atoms with Crippen LogP contribution in [-0.4, -0.2) is 69.6 Å². The molecule has 2 aromatic rings. The summed E-state index contributed by atoms with van der Waals surface area (Å²) in [5.41, 5.74) is 0.871. The van der Waals surface area contributed by atoms with E-state index < -0.39 is 40.8 Å². The fraction of sp³-hybridized carbons (Fsp3) is 0.588. The number of hydrogen-bond acceptors (Lipinski definition) is 8. The van der Waals surface area contributed by atoms with Crippen molar-refractivity contribution in [3.8, 4) is 11.5 Å². The van der Waals surface area contributed by atoms with Crippen LogP contribution < -0.4 is 9.47 Å². The first kappa shape index (κ1) is 27.9. The number of likely N-dealkylation sites (tertiary alicyclic amines) is 1. The van der Waals surface area contributed by atoms with Crippen molar-refractivity contribution in [2.24, 2.45) is 5.92 Å². The van der Waals surface area contributed by atoms with Crippen molar-refractivity contribution in [3.05, 3.63) is 58.7 Å². The number of piperidine rings is 1. The minimum absolute atomic E-state index is 0.0130. The summed E-state index contributed by atoms with van der Waals surface area (Å²) in [7, 11) is 0. The summed E-state index contributed by atoms with van der Waals surface area (Å²) in [5, 5.41) is 23.7. The summed E-state index contributed by atoms with van der Waals surface area (Å²) in [4.78, 5) is 28.0. The molecule has 0 radical (unpaired) electrons. The second kappa shape index (κ2) is 9.79. The average Bonchev–Trinajstić information content (AvgIpc) is 3.26. The van der Waals surface area contributed by atoms with Crippen molar-refractivity contribution in [1.29, 1.82) is 0 Å². The van der Waals surface area contributed by atoms with Crippen molar-refractivity contribution in [2.45, 2.75) is 107 Å². The van der Waals surface area contributed by atoms with Gasteiger partial charge in [-0.2, -0.15) is 0 Å². The maximum absolute atomic E-state index is 13.1. The topological polar surface area (TPSA) is 106 Å². The van der Waals surface area contributed by atoms with Crippen molar-refractivity contribution in [3.63, 3.8) is 0 Å². The number of carbonyl (C=O) groups excluding carboxylic acids is 2. The summed E-state index contributed by atoms with van der Waals surface area (Å²) in [6.07, 6.45) is 5.01. The molecule has 42 heavy (non-hydrogen) atoms. The van der Waals surface area contributed by atoms with Gasteiger partial charge in [-0.15, -0.1) is 0 Å². The lowest BCUT2D eigenvalue weighted by molar-refractivity contribution is -0.209. The second-order valence-corrected chi connectivity index (χ2v) is 14.1. The van der Waals surface area contributed by atoms with Gasteiger partial charge in [-0.05, 0) is 101 Å². The van der Waals surface area contributed by atoms with Crippen LogP contribution in [0.3, 0.4) is 0 Å². The first-order valence-corrected chi connectivity index (χ1v) is 15.5. The van der Waals surface area contributed by atoms with Gasteiger partial charge in [0.1, 0.15) is 11.7 Å². The Labute approximate surface area is 247 Å². The van der Waals surface area contributed by atoms with Crippen LogP contribution in [0.2, 0.25) is 0 Å². The molecule has 224 valence electrons. The third-order valence-electron chi connectivity index (χ3n) is 10.4. The number of rotatable bonds is 6. The highest BCUT2D eigenvalue weighted by atomic mass is 16.6. The SMILES string of the molecule is CC(C)(C)OC(=O)c1ccc(CC(=O)Oc2ccc3c4c2O[C@H]2[C@@H](O)CC[C@@]5(O)[C@@H](C3)N(CC3CCC3)CC[C@]425)cc1. The molecule has 2 N–H and O–H groups in total. The maximum atomic E-state index is 13.1. The van der Waals surface area contributed by atoms with Gasteiger partial charge >= 0.3 is 11.9 Å². The monoisotopic (exact) mass is 575 g/mol. The zero-order chi connectivity index (χ0) is 29.4. The van der Waals surface area contributed by atoms with E-state index in [1.807, 2.05) is 26.8 Å². The van der Waals surface area contributed by atoms with Crippen molar-refractivity contribution < 1.29 is 34.0 Å². The Morgan fingerprint density at radius 3 is 2.52 bits per heavy atom. The van der Waals surface area contributed by atoms with Crippen molar-refractivity contribution >= 4 is 11.9 Å². The number of aliphatic hydroxyl groups excluding tert-OH is 1. The molecule has 3 aliphatic carbocycles. The van der Waals surface area contributed by atoms with Gasteiger partial charge in [0.2, 0.25) is 0 Å². The molecule has 7 rings (SSSR count). The van der Waals surface area contributed by atoms with Gasteiger partial charge in [0.05, 0.1) is 29.1 Å². The minimum Gasteiger partial charge on any atom is -0.482 e. The molecule has 2 heterocycles. The third-order valence-corrected chi connectivity index (χ3v) is 10.4. The lowest BCUT2D eigenvalue weighted by atomic mass is 9.48. The normalized spacial score (nSPS) is 31.5. The van der Waals surface area contributed by atoms with E-state index in [4.69, 9.17) is 14.2 Å². The summed E-state index contributed by atoms with van der Waals surface area (Å²) in [5.74, 6) is 0.672. The van der Waals surface area contributed by atoms with Crippen LogP contribution in [0.15, 0.2) is 36.4 Å². The van der Waals surface area contributed by atoms with Crippen LogP contribution in [0.5, 0.6) is 11.5 Å². The molecule has 0 aromatic heterocycles. The van der Waals surface area contributed by atoms with Crippen LogP contribution in [0, 0.1) is 5.92 Å². The maximum Gasteiger partial charge on any atom is 0.338 e. The van der Waals surface area contributed by atoms with Crippen LogP contribution >= 0.6 is 0 Å². The van der Waals surface area contributed by atoms with Crippen molar-refractivity contribution in [2.75, 3.05) is 13.1 Å². The third kappa shape index (κ3) is 4.28. The molecule has 5 aliphatic rings. The molecule has 0 amide bonds. The largest absolute Gasteiger partial charge is 0.482 e. The van der Waals surface area contributed by atoms with E-state index in [0.29, 0.717) is 47.8 Å². The quantitative estimate of drug-likeness (QED) is 0.392. The second-order valence-electron chi connectivity index (χ2n) is 14.1. The van der Waals surface area contributed by atoms with E-state index in [9.17, 15) is 19.8 Å². The number of carbonyl (C=O) groups is 2. The zero-order valence-corrected chi connectivity index (χ0v) is 24.7. The van der Waals surface area contributed by atoms with E-state index in [-0.39, 0.29) is 12.5 Å². The summed E-state index contributed by atoms with van der Waals surface area (Å²) in [6.45, 7) is 7.33. The molecule has 1 saturated heterocycles. The summed E-state index contributed by atoms with van der Waals surface area (Å²) < 4.78 is 17.8. The van der Waals surface area contributed by atoms with Crippen molar-refractivity contribution in [1.82, 2.24) is 4.90 Å². The lowest BCUT2D eigenvalue weighted by Crippen LogP contribution is -2.77. The number of benzene rings is 2.